The number of aliphatic hydroxyl groups excluding tert-OH is 1. The maximum atomic E-state index is 9.95. The monoisotopic (exact) mass is 236 g/mol. The van der Waals surface area contributed by atoms with Crippen molar-refractivity contribution in [1.82, 2.24) is 0 Å². The smallest absolute Gasteiger partial charge is 0.0636 e. The van der Waals surface area contributed by atoms with Gasteiger partial charge in [0.05, 0.1) is 6.10 Å². The second-order valence-electron chi connectivity index (χ2n) is 4.66. The van der Waals surface area contributed by atoms with E-state index < -0.39 is 0 Å². The van der Waals surface area contributed by atoms with Crippen molar-refractivity contribution < 1.29 is 5.11 Å². The van der Waals surface area contributed by atoms with Crippen molar-refractivity contribution in [3.63, 3.8) is 0 Å². The van der Waals surface area contributed by atoms with Crippen LogP contribution in [0.1, 0.15) is 32.1 Å². The lowest BCUT2D eigenvalue weighted by atomic mass is 10.0. The lowest BCUT2D eigenvalue weighted by Gasteiger charge is -2.14. The molecule has 0 radical (unpaired) electrons. The predicted octanol–water partition coefficient (Wildman–Crippen LogP) is 3.72. The van der Waals surface area contributed by atoms with Crippen LogP contribution in [0.5, 0.6) is 0 Å². The van der Waals surface area contributed by atoms with Gasteiger partial charge in [0.1, 0.15) is 0 Å². The van der Waals surface area contributed by atoms with Gasteiger partial charge in [0, 0.05) is 10.6 Å². The summed E-state index contributed by atoms with van der Waals surface area (Å²) in [5.74, 6) is 1.62. The molecule has 0 aliphatic heterocycles. The Kier molecular flexibility index (Phi) is 4.73. The number of thioether (sulfide) groups is 1. The Morgan fingerprint density at radius 2 is 1.88 bits per heavy atom. The van der Waals surface area contributed by atoms with E-state index in [-0.39, 0.29) is 6.10 Å². The molecule has 0 saturated heterocycles. The molecule has 1 nitrogen and oxygen atoms in total. The summed E-state index contributed by atoms with van der Waals surface area (Å²) in [6, 6.07) is 10.3. The zero-order valence-electron chi connectivity index (χ0n) is 9.64. The van der Waals surface area contributed by atoms with Crippen molar-refractivity contribution in [3.8, 4) is 0 Å². The summed E-state index contributed by atoms with van der Waals surface area (Å²) < 4.78 is 0. The van der Waals surface area contributed by atoms with E-state index in [1.807, 2.05) is 18.2 Å². The largest absolute Gasteiger partial charge is 0.392 e. The van der Waals surface area contributed by atoms with Crippen molar-refractivity contribution >= 4 is 11.8 Å². The molecule has 0 heterocycles. The summed E-state index contributed by atoms with van der Waals surface area (Å²) in [7, 11) is 0. The Morgan fingerprint density at radius 1 is 1.19 bits per heavy atom. The third-order valence-corrected chi connectivity index (χ3v) is 4.42. The first kappa shape index (κ1) is 12.0. The Morgan fingerprint density at radius 3 is 2.56 bits per heavy atom. The van der Waals surface area contributed by atoms with Crippen molar-refractivity contribution in [2.75, 3.05) is 5.75 Å². The molecule has 0 bridgehead atoms. The molecule has 1 N–H and O–H groups in total. The molecule has 1 aliphatic carbocycles. The molecule has 1 fully saturated rings. The minimum atomic E-state index is -0.131. The fourth-order valence-electron chi connectivity index (χ4n) is 2.41. The van der Waals surface area contributed by atoms with Crippen LogP contribution >= 0.6 is 11.8 Å². The minimum absolute atomic E-state index is 0.131. The fourth-order valence-corrected chi connectivity index (χ4v) is 3.28. The Hall–Kier alpha value is -0.470. The van der Waals surface area contributed by atoms with Crippen LogP contribution in [0.25, 0.3) is 0 Å². The molecule has 1 aromatic carbocycles. The summed E-state index contributed by atoms with van der Waals surface area (Å²) in [6.45, 7) is 0. The molecule has 2 rings (SSSR count). The van der Waals surface area contributed by atoms with Gasteiger partial charge in [0.15, 0.2) is 0 Å². The SMILES string of the molecule is OC(CSc1ccccc1)CC1CCCC1. The number of hydrogen-bond donors (Lipinski definition) is 1. The topological polar surface area (TPSA) is 20.2 Å². The number of hydrogen-bond acceptors (Lipinski definition) is 2. The van der Waals surface area contributed by atoms with Crippen LogP contribution in [0.2, 0.25) is 0 Å². The van der Waals surface area contributed by atoms with Gasteiger partial charge in [0.25, 0.3) is 0 Å². The zero-order chi connectivity index (χ0) is 11.2. The quantitative estimate of drug-likeness (QED) is 0.786. The van der Waals surface area contributed by atoms with E-state index >= 15 is 0 Å². The molecule has 1 unspecified atom stereocenters. The van der Waals surface area contributed by atoms with E-state index in [0.717, 1.165) is 18.1 Å². The van der Waals surface area contributed by atoms with Gasteiger partial charge in [-0.05, 0) is 24.5 Å². The standard InChI is InChI=1S/C14H20OS/c15-13(10-12-6-4-5-7-12)11-16-14-8-2-1-3-9-14/h1-3,8-9,12-13,15H,4-7,10-11H2. The molecule has 0 spiro atoms. The number of aliphatic hydroxyl groups is 1. The van der Waals surface area contributed by atoms with Crippen LogP contribution in [0.15, 0.2) is 35.2 Å². The van der Waals surface area contributed by atoms with Crippen LogP contribution in [0.3, 0.4) is 0 Å². The highest BCUT2D eigenvalue weighted by atomic mass is 32.2. The zero-order valence-corrected chi connectivity index (χ0v) is 10.5. The molecule has 88 valence electrons. The molecule has 0 aromatic heterocycles. The second-order valence-corrected chi connectivity index (χ2v) is 5.76. The Balaban J connectivity index is 1.69. The summed E-state index contributed by atoms with van der Waals surface area (Å²) in [5.41, 5.74) is 0. The van der Waals surface area contributed by atoms with Crippen LogP contribution < -0.4 is 0 Å². The van der Waals surface area contributed by atoms with Gasteiger partial charge < -0.3 is 5.11 Å². The van der Waals surface area contributed by atoms with E-state index in [9.17, 15) is 5.11 Å². The first-order valence-electron chi connectivity index (χ1n) is 6.20. The summed E-state index contributed by atoms with van der Waals surface area (Å²) in [6.07, 6.45) is 6.25. The first-order valence-corrected chi connectivity index (χ1v) is 7.19. The molecule has 16 heavy (non-hydrogen) atoms. The normalized spacial score (nSPS) is 18.8. The van der Waals surface area contributed by atoms with E-state index in [1.165, 1.54) is 30.6 Å². The number of benzene rings is 1. The maximum absolute atomic E-state index is 9.95. The van der Waals surface area contributed by atoms with Gasteiger partial charge >= 0.3 is 0 Å². The van der Waals surface area contributed by atoms with E-state index in [1.54, 1.807) is 11.8 Å². The number of rotatable bonds is 5. The molecule has 1 aromatic rings. The predicted molar refractivity (Wildman–Crippen MR) is 69.7 cm³/mol. The molecule has 2 heteroatoms. The lowest BCUT2D eigenvalue weighted by molar-refractivity contribution is 0.166. The first-order chi connectivity index (χ1) is 7.84. The highest BCUT2D eigenvalue weighted by Crippen LogP contribution is 2.30. The Bertz CT molecular complexity index is 293. The highest BCUT2D eigenvalue weighted by Gasteiger charge is 2.18. The molecular formula is C14H20OS. The molecule has 0 amide bonds. The third kappa shape index (κ3) is 3.84. The van der Waals surface area contributed by atoms with Gasteiger partial charge in [-0.15, -0.1) is 11.8 Å². The lowest BCUT2D eigenvalue weighted by Crippen LogP contribution is -2.14. The van der Waals surface area contributed by atoms with Crippen LogP contribution in [-0.2, 0) is 0 Å². The minimum Gasteiger partial charge on any atom is -0.392 e. The average Bonchev–Trinajstić information content (AvgIpc) is 2.81. The summed E-state index contributed by atoms with van der Waals surface area (Å²) in [4.78, 5) is 1.26. The molecule has 1 atom stereocenters. The fraction of sp³-hybridized carbons (Fsp3) is 0.571. The summed E-state index contributed by atoms with van der Waals surface area (Å²) >= 11 is 1.76. The van der Waals surface area contributed by atoms with Crippen molar-refractivity contribution in [2.24, 2.45) is 5.92 Å². The van der Waals surface area contributed by atoms with Gasteiger partial charge in [0.2, 0.25) is 0 Å². The van der Waals surface area contributed by atoms with Gasteiger partial charge in [-0.2, -0.15) is 0 Å². The Labute approximate surface area is 102 Å². The van der Waals surface area contributed by atoms with Crippen LogP contribution in [-0.4, -0.2) is 17.0 Å². The van der Waals surface area contributed by atoms with Gasteiger partial charge in [-0.1, -0.05) is 43.9 Å². The van der Waals surface area contributed by atoms with Crippen molar-refractivity contribution in [1.29, 1.82) is 0 Å². The average molecular weight is 236 g/mol. The summed E-state index contributed by atoms with van der Waals surface area (Å²) in [5, 5.41) is 9.95. The van der Waals surface area contributed by atoms with Gasteiger partial charge in [-0.3, -0.25) is 0 Å². The van der Waals surface area contributed by atoms with Crippen LogP contribution in [0.4, 0.5) is 0 Å². The second kappa shape index (κ2) is 6.31. The van der Waals surface area contributed by atoms with E-state index in [4.69, 9.17) is 0 Å². The third-order valence-electron chi connectivity index (χ3n) is 3.27. The van der Waals surface area contributed by atoms with E-state index in [2.05, 4.69) is 12.1 Å². The maximum Gasteiger partial charge on any atom is 0.0636 e. The van der Waals surface area contributed by atoms with E-state index in [0.29, 0.717) is 0 Å². The molecular weight excluding hydrogens is 216 g/mol. The van der Waals surface area contributed by atoms with Crippen LogP contribution in [0, 0.1) is 5.92 Å². The molecule has 1 saturated carbocycles. The highest BCUT2D eigenvalue weighted by molar-refractivity contribution is 7.99. The van der Waals surface area contributed by atoms with Crippen molar-refractivity contribution in [2.45, 2.75) is 43.1 Å². The van der Waals surface area contributed by atoms with Crippen molar-refractivity contribution in [3.05, 3.63) is 30.3 Å². The van der Waals surface area contributed by atoms with Gasteiger partial charge in [-0.25, -0.2) is 0 Å². The molecule has 1 aliphatic rings.